The molecule has 1 amide bonds. The zero-order valence-corrected chi connectivity index (χ0v) is 22.5. The van der Waals surface area contributed by atoms with Crippen molar-refractivity contribution in [1.82, 2.24) is 14.9 Å². The molecule has 1 fully saturated rings. The number of fused-ring (bicyclic) bond motifs is 1. The number of aliphatic hydroxyl groups excluding tert-OH is 1. The Bertz CT molecular complexity index is 1450. The summed E-state index contributed by atoms with van der Waals surface area (Å²) in [5, 5.41) is 12.2. The molecule has 1 aliphatic rings. The summed E-state index contributed by atoms with van der Waals surface area (Å²) < 4.78 is 20.0. The number of rotatable bonds is 9. The first-order chi connectivity index (χ1) is 19.4. The lowest BCUT2D eigenvalue weighted by Gasteiger charge is -2.36. The molecule has 5 rings (SSSR count). The van der Waals surface area contributed by atoms with Crippen molar-refractivity contribution in [2.45, 2.75) is 64.6 Å². The topological polar surface area (TPSA) is 112 Å². The predicted octanol–water partition coefficient (Wildman–Crippen LogP) is 4.34. The van der Waals surface area contributed by atoms with Crippen LogP contribution in [0.5, 0.6) is 0 Å². The van der Waals surface area contributed by atoms with Crippen LogP contribution in [-0.2, 0) is 43.5 Å². The molecule has 9 heteroatoms. The Hall–Kier alpha value is -4.05. The van der Waals surface area contributed by atoms with Crippen LogP contribution in [0.15, 0.2) is 79.1 Å². The van der Waals surface area contributed by atoms with Crippen molar-refractivity contribution < 1.29 is 28.9 Å². The van der Waals surface area contributed by atoms with Crippen LogP contribution in [0.2, 0.25) is 0 Å². The normalized spacial score (nSPS) is 19.7. The molecule has 208 valence electrons. The summed E-state index contributed by atoms with van der Waals surface area (Å²) in [6.45, 7) is 3.72. The lowest BCUT2D eigenvalue weighted by Crippen LogP contribution is -2.35. The van der Waals surface area contributed by atoms with Gasteiger partial charge in [-0.1, -0.05) is 60.7 Å². The summed E-state index contributed by atoms with van der Waals surface area (Å²) in [5.74, 6) is -0.857. The molecule has 1 aliphatic heterocycles. The minimum absolute atomic E-state index is 0.0106. The molecule has 1 saturated heterocycles. The second kappa shape index (κ2) is 12.4. The number of benzene rings is 3. The average molecular weight is 544 g/mol. The van der Waals surface area contributed by atoms with E-state index in [0.717, 1.165) is 33.3 Å². The molecule has 2 heterocycles. The minimum atomic E-state index is -0.853. The van der Waals surface area contributed by atoms with Crippen LogP contribution >= 0.6 is 0 Å². The van der Waals surface area contributed by atoms with Crippen molar-refractivity contribution in [2.24, 2.45) is 0 Å². The van der Waals surface area contributed by atoms with Gasteiger partial charge in [-0.25, -0.2) is 4.98 Å². The van der Waals surface area contributed by atoms with Crippen molar-refractivity contribution in [1.29, 1.82) is 0 Å². The van der Waals surface area contributed by atoms with E-state index >= 15 is 0 Å². The summed E-state index contributed by atoms with van der Waals surface area (Å²) in [6.07, 6.45) is 0.715. The van der Waals surface area contributed by atoms with Gasteiger partial charge < -0.3 is 29.2 Å². The molecule has 4 unspecified atom stereocenters. The Morgan fingerprint density at radius 2 is 1.73 bits per heavy atom. The van der Waals surface area contributed by atoms with E-state index < -0.39 is 18.4 Å². The fourth-order valence-electron chi connectivity index (χ4n) is 4.84. The van der Waals surface area contributed by atoms with Gasteiger partial charge in [-0.05, 0) is 35.7 Å². The van der Waals surface area contributed by atoms with E-state index in [1.807, 2.05) is 73.1 Å². The number of ether oxygens (including phenoxy) is 3. The molecule has 0 bridgehead atoms. The molecule has 4 aromatic rings. The number of carbonyl (C=O) groups excluding carboxylic acids is 2. The zero-order valence-electron chi connectivity index (χ0n) is 22.5. The minimum Gasteiger partial charge on any atom is -0.453 e. The largest absolute Gasteiger partial charge is 0.453 e. The third kappa shape index (κ3) is 6.56. The number of carbonyl (C=O) groups is 2. The van der Waals surface area contributed by atoms with Crippen molar-refractivity contribution in [2.75, 3.05) is 0 Å². The van der Waals surface area contributed by atoms with E-state index in [0.29, 0.717) is 19.5 Å². The van der Waals surface area contributed by atoms with Gasteiger partial charge in [0, 0.05) is 25.5 Å². The third-order valence-corrected chi connectivity index (χ3v) is 6.97. The lowest BCUT2D eigenvalue weighted by atomic mass is 9.99. The standard InChI is InChI=1S/C31H33N3O6/c1-20(38-21(2)36)30(37)32-16-22-7-13-25(14-8-22)31-39-26(17-34-19-33-27-5-3-4-6-28(27)34)15-29(40-31)24-11-9-23(18-35)10-12-24/h3-14,19-20,26,29,31,35H,15-18H2,1-2H3,(H,32,37). The molecule has 9 nitrogen and oxygen atoms in total. The highest BCUT2D eigenvalue weighted by Crippen LogP contribution is 2.38. The van der Waals surface area contributed by atoms with Crippen molar-refractivity contribution in [3.05, 3.63) is 101 Å². The molecule has 4 atom stereocenters. The van der Waals surface area contributed by atoms with Crippen molar-refractivity contribution in [3.8, 4) is 0 Å². The molecule has 40 heavy (non-hydrogen) atoms. The molecular formula is C31H33N3O6. The van der Waals surface area contributed by atoms with Crippen LogP contribution in [-0.4, -0.2) is 38.7 Å². The van der Waals surface area contributed by atoms with Crippen molar-refractivity contribution >= 4 is 22.9 Å². The van der Waals surface area contributed by atoms with E-state index in [4.69, 9.17) is 14.2 Å². The highest BCUT2D eigenvalue weighted by Gasteiger charge is 2.32. The highest BCUT2D eigenvalue weighted by atomic mass is 16.7. The third-order valence-electron chi connectivity index (χ3n) is 6.97. The molecular weight excluding hydrogens is 510 g/mol. The van der Waals surface area contributed by atoms with Gasteiger partial charge >= 0.3 is 5.97 Å². The van der Waals surface area contributed by atoms with Gasteiger partial charge in [0.05, 0.1) is 42.7 Å². The molecule has 1 aromatic heterocycles. The zero-order chi connectivity index (χ0) is 28.1. The number of nitrogens with zero attached hydrogens (tertiary/aromatic N) is 2. The van der Waals surface area contributed by atoms with Crippen LogP contribution in [0.1, 0.15) is 54.9 Å². The van der Waals surface area contributed by atoms with Gasteiger partial charge in [-0.2, -0.15) is 0 Å². The molecule has 0 saturated carbocycles. The Balaban J connectivity index is 1.31. The number of aliphatic hydroxyl groups is 1. The first-order valence-corrected chi connectivity index (χ1v) is 13.3. The summed E-state index contributed by atoms with van der Waals surface area (Å²) in [5.41, 5.74) is 5.60. The summed E-state index contributed by atoms with van der Waals surface area (Å²) >= 11 is 0. The van der Waals surface area contributed by atoms with Crippen LogP contribution in [0.3, 0.4) is 0 Å². The fourth-order valence-corrected chi connectivity index (χ4v) is 4.84. The van der Waals surface area contributed by atoms with E-state index in [2.05, 4.69) is 20.9 Å². The second-order valence-corrected chi connectivity index (χ2v) is 9.95. The smallest absolute Gasteiger partial charge is 0.303 e. The Morgan fingerprint density at radius 1 is 1.02 bits per heavy atom. The summed E-state index contributed by atoms with van der Waals surface area (Å²) in [7, 11) is 0. The Morgan fingerprint density at radius 3 is 2.45 bits per heavy atom. The molecule has 3 aromatic carbocycles. The number of esters is 1. The number of hydrogen-bond donors (Lipinski definition) is 2. The number of imidazole rings is 1. The molecule has 2 N–H and O–H groups in total. The van der Waals surface area contributed by atoms with Gasteiger partial charge in [0.25, 0.3) is 5.91 Å². The van der Waals surface area contributed by atoms with E-state index in [9.17, 15) is 14.7 Å². The van der Waals surface area contributed by atoms with E-state index in [-0.39, 0.29) is 24.7 Å². The molecule has 0 spiro atoms. The van der Waals surface area contributed by atoms with E-state index in [1.165, 1.54) is 13.8 Å². The maximum absolute atomic E-state index is 12.2. The maximum atomic E-state index is 12.2. The monoisotopic (exact) mass is 543 g/mol. The van der Waals surface area contributed by atoms with Gasteiger partial charge in [-0.15, -0.1) is 0 Å². The number of amides is 1. The van der Waals surface area contributed by atoms with Crippen LogP contribution in [0.4, 0.5) is 0 Å². The van der Waals surface area contributed by atoms with Crippen molar-refractivity contribution in [3.63, 3.8) is 0 Å². The molecule has 0 aliphatic carbocycles. The number of aromatic nitrogens is 2. The van der Waals surface area contributed by atoms with Gasteiger partial charge in [0.2, 0.25) is 0 Å². The number of hydrogen-bond acceptors (Lipinski definition) is 7. The first kappa shape index (κ1) is 27.5. The van der Waals surface area contributed by atoms with Crippen LogP contribution in [0.25, 0.3) is 11.0 Å². The average Bonchev–Trinajstić information content (AvgIpc) is 3.38. The van der Waals surface area contributed by atoms with Gasteiger partial charge in [0.15, 0.2) is 12.4 Å². The second-order valence-electron chi connectivity index (χ2n) is 9.95. The number of para-hydroxylation sites is 2. The van der Waals surface area contributed by atoms with E-state index in [1.54, 1.807) is 0 Å². The van der Waals surface area contributed by atoms with Crippen LogP contribution in [0, 0.1) is 0 Å². The maximum Gasteiger partial charge on any atom is 0.303 e. The summed E-state index contributed by atoms with van der Waals surface area (Å²) in [4.78, 5) is 27.8. The highest BCUT2D eigenvalue weighted by molar-refractivity contribution is 5.82. The number of nitrogens with one attached hydrogen (secondary N) is 1. The van der Waals surface area contributed by atoms with Gasteiger partial charge in [0.1, 0.15) is 0 Å². The van der Waals surface area contributed by atoms with Gasteiger partial charge in [-0.3, -0.25) is 9.59 Å². The lowest BCUT2D eigenvalue weighted by molar-refractivity contribution is -0.252. The summed E-state index contributed by atoms with van der Waals surface area (Å²) in [6, 6.07) is 23.5. The fraction of sp³-hybridized carbons (Fsp3) is 0.323. The predicted molar refractivity (Wildman–Crippen MR) is 148 cm³/mol. The Kier molecular flexibility index (Phi) is 8.54. The van der Waals surface area contributed by atoms with Crippen LogP contribution < -0.4 is 5.32 Å². The quantitative estimate of drug-likeness (QED) is 0.302. The first-order valence-electron chi connectivity index (χ1n) is 13.3. The Labute approximate surface area is 232 Å². The molecule has 0 radical (unpaired) electrons. The SMILES string of the molecule is CC(=O)OC(C)C(=O)NCc1ccc(C2OC(Cn3cnc4ccccc43)CC(c3ccc(CO)cc3)O2)cc1.